The maximum atomic E-state index is 12.3. The van der Waals surface area contributed by atoms with E-state index in [1.54, 1.807) is 0 Å². The van der Waals surface area contributed by atoms with Crippen LogP contribution in [-0.2, 0) is 11.3 Å². The average molecular weight is 389 g/mol. The Labute approximate surface area is 150 Å². The predicted molar refractivity (Wildman–Crippen MR) is 98.0 cm³/mol. The molecule has 1 aliphatic rings. The van der Waals surface area contributed by atoms with Gasteiger partial charge in [-0.1, -0.05) is 47.1 Å². The SMILES string of the molecule is CC(C(=O)NCc1ccc(Br)cc1Oc1ccccc1)C1CNC1. The number of rotatable bonds is 6. The van der Waals surface area contributed by atoms with Crippen molar-refractivity contribution in [3.05, 3.63) is 58.6 Å². The van der Waals surface area contributed by atoms with Crippen LogP contribution < -0.4 is 15.4 Å². The predicted octanol–water partition coefficient (Wildman–Crippen LogP) is 3.71. The molecule has 0 spiro atoms. The van der Waals surface area contributed by atoms with Crippen molar-refractivity contribution in [2.45, 2.75) is 13.5 Å². The Morgan fingerprint density at radius 1 is 1.29 bits per heavy atom. The number of carbonyl (C=O) groups is 1. The number of nitrogens with one attached hydrogen (secondary N) is 2. The van der Waals surface area contributed by atoms with E-state index in [1.165, 1.54) is 0 Å². The van der Waals surface area contributed by atoms with Gasteiger partial charge in [0.15, 0.2) is 0 Å². The van der Waals surface area contributed by atoms with Gasteiger partial charge in [-0.15, -0.1) is 0 Å². The molecule has 4 nitrogen and oxygen atoms in total. The fourth-order valence-corrected chi connectivity index (χ4v) is 2.95. The van der Waals surface area contributed by atoms with Crippen LogP contribution in [0.4, 0.5) is 0 Å². The van der Waals surface area contributed by atoms with Crippen molar-refractivity contribution >= 4 is 21.8 Å². The first-order valence-electron chi connectivity index (χ1n) is 8.13. The fraction of sp³-hybridized carbons (Fsp3) is 0.316. The summed E-state index contributed by atoms with van der Waals surface area (Å²) >= 11 is 3.47. The minimum Gasteiger partial charge on any atom is -0.457 e. The number of benzene rings is 2. The summed E-state index contributed by atoms with van der Waals surface area (Å²) in [6.07, 6.45) is 0. The second-order valence-corrected chi connectivity index (χ2v) is 7.01. The Morgan fingerprint density at radius 3 is 2.71 bits per heavy atom. The first-order chi connectivity index (χ1) is 11.6. The third-order valence-electron chi connectivity index (χ3n) is 4.39. The molecule has 1 saturated heterocycles. The van der Waals surface area contributed by atoms with E-state index in [0.717, 1.165) is 34.6 Å². The Morgan fingerprint density at radius 2 is 2.04 bits per heavy atom. The smallest absolute Gasteiger partial charge is 0.223 e. The standard InChI is InChI=1S/C19H21BrN2O2/c1-13(15-10-21-11-15)19(23)22-12-14-7-8-16(20)9-18(14)24-17-5-3-2-4-6-17/h2-9,13,15,21H,10-12H2,1H3,(H,22,23). The Bertz CT molecular complexity index is 702. The van der Waals surface area contributed by atoms with Crippen LogP contribution in [-0.4, -0.2) is 19.0 Å². The number of carbonyl (C=O) groups excluding carboxylic acids is 1. The summed E-state index contributed by atoms with van der Waals surface area (Å²) in [5.41, 5.74) is 0.953. The van der Waals surface area contributed by atoms with Crippen LogP contribution in [0.1, 0.15) is 12.5 Å². The first-order valence-corrected chi connectivity index (χ1v) is 8.92. The van der Waals surface area contributed by atoms with Crippen LogP contribution in [0.25, 0.3) is 0 Å². The van der Waals surface area contributed by atoms with Gasteiger partial charge >= 0.3 is 0 Å². The van der Waals surface area contributed by atoms with Crippen LogP contribution >= 0.6 is 15.9 Å². The second kappa shape index (κ2) is 7.81. The lowest BCUT2D eigenvalue weighted by atomic mass is 9.88. The average Bonchev–Trinajstić information content (AvgIpc) is 2.53. The molecule has 126 valence electrons. The number of halogens is 1. The largest absolute Gasteiger partial charge is 0.457 e. The maximum absolute atomic E-state index is 12.3. The lowest BCUT2D eigenvalue weighted by Gasteiger charge is -2.31. The van der Waals surface area contributed by atoms with Gasteiger partial charge in [-0.25, -0.2) is 0 Å². The molecule has 0 bridgehead atoms. The maximum Gasteiger partial charge on any atom is 0.223 e. The molecule has 1 unspecified atom stereocenters. The molecule has 2 aromatic rings. The summed E-state index contributed by atoms with van der Waals surface area (Å²) in [6.45, 7) is 4.30. The van der Waals surface area contributed by atoms with Crippen LogP contribution in [0.2, 0.25) is 0 Å². The van der Waals surface area contributed by atoms with Gasteiger partial charge in [-0.3, -0.25) is 4.79 Å². The van der Waals surface area contributed by atoms with E-state index in [1.807, 2.05) is 55.5 Å². The number of ether oxygens (including phenoxy) is 1. The van der Waals surface area contributed by atoms with Crippen LogP contribution in [0.5, 0.6) is 11.5 Å². The summed E-state index contributed by atoms with van der Waals surface area (Å²) in [5, 5.41) is 6.24. The fourth-order valence-electron chi connectivity index (χ4n) is 2.61. The number of amides is 1. The molecule has 0 aromatic heterocycles. The third kappa shape index (κ3) is 4.16. The van der Waals surface area contributed by atoms with Crippen LogP contribution in [0.3, 0.4) is 0 Å². The van der Waals surface area contributed by atoms with Crippen molar-refractivity contribution in [1.82, 2.24) is 10.6 Å². The van der Waals surface area contributed by atoms with Gasteiger partial charge in [0.05, 0.1) is 0 Å². The molecule has 24 heavy (non-hydrogen) atoms. The number of hydrogen-bond donors (Lipinski definition) is 2. The van der Waals surface area contributed by atoms with E-state index in [4.69, 9.17) is 4.74 Å². The molecule has 2 N–H and O–H groups in total. The van der Waals surface area contributed by atoms with Gasteiger partial charge in [-0.05, 0) is 43.3 Å². The normalized spacial score (nSPS) is 15.4. The minimum absolute atomic E-state index is 0.0280. The molecule has 1 heterocycles. The van der Waals surface area contributed by atoms with Gasteiger partial charge in [0.25, 0.3) is 0 Å². The molecule has 1 atom stereocenters. The van der Waals surface area contributed by atoms with Gasteiger partial charge in [-0.2, -0.15) is 0 Å². The Hall–Kier alpha value is -1.85. The molecule has 1 aliphatic heterocycles. The quantitative estimate of drug-likeness (QED) is 0.792. The summed E-state index contributed by atoms with van der Waals surface area (Å²) < 4.78 is 6.91. The highest BCUT2D eigenvalue weighted by atomic mass is 79.9. The molecular weight excluding hydrogens is 368 g/mol. The summed E-state index contributed by atoms with van der Waals surface area (Å²) in [4.78, 5) is 12.3. The molecule has 0 saturated carbocycles. The number of hydrogen-bond acceptors (Lipinski definition) is 3. The van der Waals surface area contributed by atoms with Crippen molar-refractivity contribution < 1.29 is 9.53 Å². The highest BCUT2D eigenvalue weighted by Gasteiger charge is 2.28. The topological polar surface area (TPSA) is 50.4 Å². The monoisotopic (exact) mass is 388 g/mol. The van der Waals surface area contributed by atoms with Crippen molar-refractivity contribution in [2.75, 3.05) is 13.1 Å². The van der Waals surface area contributed by atoms with Gasteiger partial charge in [0, 0.05) is 22.5 Å². The van der Waals surface area contributed by atoms with E-state index in [9.17, 15) is 4.79 Å². The van der Waals surface area contributed by atoms with Crippen molar-refractivity contribution in [1.29, 1.82) is 0 Å². The van der Waals surface area contributed by atoms with Gasteiger partial charge in [0.1, 0.15) is 11.5 Å². The van der Waals surface area contributed by atoms with Crippen molar-refractivity contribution in [3.63, 3.8) is 0 Å². The zero-order chi connectivity index (χ0) is 16.9. The van der Waals surface area contributed by atoms with E-state index in [2.05, 4.69) is 26.6 Å². The zero-order valence-corrected chi connectivity index (χ0v) is 15.2. The van der Waals surface area contributed by atoms with E-state index >= 15 is 0 Å². The number of para-hydroxylation sites is 1. The zero-order valence-electron chi connectivity index (χ0n) is 13.6. The summed E-state index contributed by atoms with van der Waals surface area (Å²) in [6, 6.07) is 15.5. The molecule has 5 heteroatoms. The molecule has 3 rings (SSSR count). The molecule has 2 aromatic carbocycles. The van der Waals surface area contributed by atoms with E-state index < -0.39 is 0 Å². The third-order valence-corrected chi connectivity index (χ3v) is 4.88. The van der Waals surface area contributed by atoms with Crippen molar-refractivity contribution in [3.8, 4) is 11.5 Å². The van der Waals surface area contributed by atoms with Gasteiger partial charge < -0.3 is 15.4 Å². The molecule has 1 fully saturated rings. The minimum atomic E-state index is 0.0280. The van der Waals surface area contributed by atoms with Crippen LogP contribution in [0.15, 0.2) is 53.0 Å². The first kappa shape index (κ1) is 17.0. The molecule has 1 amide bonds. The summed E-state index contributed by atoms with van der Waals surface area (Å²) in [7, 11) is 0. The highest BCUT2D eigenvalue weighted by Crippen LogP contribution is 2.28. The molecule has 0 aliphatic carbocycles. The van der Waals surface area contributed by atoms with E-state index in [0.29, 0.717) is 12.5 Å². The van der Waals surface area contributed by atoms with Crippen molar-refractivity contribution in [2.24, 2.45) is 11.8 Å². The lowest BCUT2D eigenvalue weighted by molar-refractivity contribution is -0.126. The summed E-state index contributed by atoms with van der Waals surface area (Å²) in [5.74, 6) is 2.08. The van der Waals surface area contributed by atoms with Crippen LogP contribution in [0, 0.1) is 11.8 Å². The van der Waals surface area contributed by atoms with E-state index in [-0.39, 0.29) is 11.8 Å². The molecule has 0 radical (unpaired) electrons. The Kier molecular flexibility index (Phi) is 5.53. The Balaban J connectivity index is 1.67. The molecular formula is C19H21BrN2O2. The lowest BCUT2D eigenvalue weighted by Crippen LogP contribution is -2.49. The van der Waals surface area contributed by atoms with Gasteiger partial charge in [0.2, 0.25) is 5.91 Å². The highest BCUT2D eigenvalue weighted by molar-refractivity contribution is 9.10. The second-order valence-electron chi connectivity index (χ2n) is 6.09.